The molecule has 0 aliphatic carbocycles. The summed E-state index contributed by atoms with van der Waals surface area (Å²) in [7, 11) is 0. The molecule has 0 radical (unpaired) electrons. The monoisotopic (exact) mass is 1380 g/mol. The van der Waals surface area contributed by atoms with E-state index in [4.69, 9.17) is 103 Å². The average Bonchev–Trinajstić information content (AvgIpc) is 0.859. The van der Waals surface area contributed by atoms with Crippen LogP contribution in [0.2, 0.25) is 0 Å². The predicted octanol–water partition coefficient (Wildman–Crippen LogP) is 7.02. The number of aliphatic hydroxyl groups excluding tert-OH is 6. The van der Waals surface area contributed by atoms with Crippen LogP contribution in [-0.4, -0.2) is 94.3 Å². The van der Waals surface area contributed by atoms with E-state index in [1.807, 2.05) is 102 Å². The summed E-state index contributed by atoms with van der Waals surface area (Å²) in [6, 6.07) is 22.8. The van der Waals surface area contributed by atoms with Crippen molar-refractivity contribution < 1.29 is 30.6 Å². The van der Waals surface area contributed by atoms with Gasteiger partial charge in [-0.2, -0.15) is 0 Å². The lowest BCUT2D eigenvalue weighted by Gasteiger charge is -2.16. The highest BCUT2D eigenvalue weighted by Gasteiger charge is 2.17. The van der Waals surface area contributed by atoms with Crippen LogP contribution in [0.15, 0.2) is 72.8 Å². The summed E-state index contributed by atoms with van der Waals surface area (Å²) in [5.74, 6) is 0. The summed E-state index contributed by atoms with van der Waals surface area (Å²) < 4.78 is 0. The minimum Gasteiger partial charge on any atom is -0.398 e. The lowest BCUT2D eigenvalue weighted by atomic mass is 9.99. The van der Waals surface area contributed by atoms with Crippen LogP contribution in [-0.2, 0) is 25.7 Å². The van der Waals surface area contributed by atoms with Crippen LogP contribution in [0.1, 0.15) is 188 Å². The lowest BCUT2D eigenvalue weighted by Crippen LogP contribution is -2.19. The van der Waals surface area contributed by atoms with E-state index in [2.05, 4.69) is 0 Å². The smallest absolute Gasteiger partial charge is 0.0842 e. The van der Waals surface area contributed by atoms with E-state index in [-0.39, 0.29) is 24.4 Å². The van der Waals surface area contributed by atoms with Crippen LogP contribution < -0.4 is 103 Å². The molecule has 0 aromatic heterocycles. The first-order valence-electron chi connectivity index (χ1n) is 35.0. The number of unbranched alkanes of at least 4 members (excludes halogenated alkanes) is 2. The van der Waals surface area contributed by atoms with Crippen molar-refractivity contribution in [2.24, 2.45) is 34.4 Å². The molecule has 0 aliphatic rings. The molecule has 558 valence electrons. The summed E-state index contributed by atoms with van der Waals surface area (Å²) >= 11 is 0. The highest BCUT2D eigenvalue weighted by Crippen LogP contribution is 2.33. The molecule has 0 aliphatic heterocycles. The minimum atomic E-state index is -0.666. The molecule has 0 fully saturated rings. The standard InChI is InChI=1S/2C14H25N3O.2C13H23N3O.C11H19N3O.C10H17N3O/c1-10-8-13(16)12(14(17)9-10)6-2-4-11(18)5-3-7-15;1-10-8-13(16)12(14(17)9-10)5-3-2-4-11(18)6-7-15;1-9-7-12(15)11(13(16)8-9)4-2-3-10(17)5-6-14;1-9-6-12(15)11(13(16)7-9)5-3-2-4-10(17)8-14;1-7-5-8(13)11(9(14)6-7)10(15)3-2-4-12;1-6-4-7(12)10(8(13)5-6)9(14)2-3-11/h2*8-9,11,18H,2-7,15-17H2,1H3;7-8,10,17H,2-6,14-16H2,1H3;6-7,10,17H,2-5,8,14-16H2,1H3;5-6,10,15H,2-4,12-14H2,1H3;4-5,9,14H,2-3,11-13H2,1H3. The molecule has 0 saturated heterocycles. The molecule has 6 aromatic carbocycles. The molecule has 0 bridgehead atoms. The van der Waals surface area contributed by atoms with Gasteiger partial charge in [-0.15, -0.1) is 0 Å². The van der Waals surface area contributed by atoms with Gasteiger partial charge in [-0.25, -0.2) is 0 Å². The first kappa shape index (κ1) is 89.5. The highest BCUT2D eigenvalue weighted by molar-refractivity contribution is 5.68. The minimum absolute atomic E-state index is 0.263. The summed E-state index contributed by atoms with van der Waals surface area (Å²) in [4.78, 5) is 0. The fourth-order valence-electron chi connectivity index (χ4n) is 11.6. The topological polar surface area (TPSA) is 590 Å². The molecule has 6 unspecified atom stereocenters. The van der Waals surface area contributed by atoms with Gasteiger partial charge in [0.1, 0.15) is 0 Å². The Balaban J connectivity index is 0.000000595. The van der Waals surface area contributed by atoms with Gasteiger partial charge in [0, 0.05) is 85.9 Å². The Morgan fingerprint density at radius 2 is 0.444 bits per heavy atom. The molecule has 0 heterocycles. The van der Waals surface area contributed by atoms with Gasteiger partial charge in [0.15, 0.2) is 0 Å². The number of anilines is 12. The van der Waals surface area contributed by atoms with E-state index < -0.39 is 12.2 Å². The third-order valence-corrected chi connectivity index (χ3v) is 16.8. The zero-order chi connectivity index (χ0) is 74.9. The number of rotatable bonds is 33. The second kappa shape index (κ2) is 49.1. The van der Waals surface area contributed by atoms with Crippen LogP contribution in [0, 0.1) is 41.5 Å². The van der Waals surface area contributed by atoms with Crippen molar-refractivity contribution in [2.45, 2.75) is 213 Å². The number of aliphatic hydroxyl groups is 6. The maximum absolute atomic E-state index is 9.89. The third-order valence-electron chi connectivity index (χ3n) is 16.8. The molecule has 24 nitrogen and oxygen atoms in total. The summed E-state index contributed by atoms with van der Waals surface area (Å²) in [6.45, 7) is 14.7. The molecule has 99 heavy (non-hydrogen) atoms. The van der Waals surface area contributed by atoms with Crippen LogP contribution in [0.25, 0.3) is 0 Å². The summed E-state index contributed by atoms with van der Waals surface area (Å²) in [5.41, 5.74) is 123. The normalized spacial score (nSPS) is 12.7. The van der Waals surface area contributed by atoms with Gasteiger partial charge in [-0.3, -0.25) is 0 Å². The molecule has 24 heteroatoms. The second-order valence-electron chi connectivity index (χ2n) is 26.2. The van der Waals surface area contributed by atoms with Gasteiger partial charge in [-0.05, 0) is 325 Å². The van der Waals surface area contributed by atoms with Crippen LogP contribution >= 0.6 is 0 Å². The van der Waals surface area contributed by atoms with Crippen molar-refractivity contribution in [3.8, 4) is 0 Å². The predicted molar refractivity (Wildman–Crippen MR) is 422 cm³/mol. The van der Waals surface area contributed by atoms with Crippen LogP contribution in [0.3, 0.4) is 0 Å². The van der Waals surface area contributed by atoms with E-state index in [9.17, 15) is 30.6 Å². The Kier molecular flexibility index (Phi) is 44.3. The zero-order valence-corrected chi connectivity index (χ0v) is 60.6. The first-order valence-corrected chi connectivity index (χ1v) is 35.0. The molecule has 6 atom stereocenters. The van der Waals surface area contributed by atoms with Crippen molar-refractivity contribution in [1.29, 1.82) is 0 Å². The number of aryl methyl sites for hydroxylation is 6. The van der Waals surface area contributed by atoms with Crippen molar-refractivity contribution in [3.63, 3.8) is 0 Å². The molecule has 6 rings (SSSR count). The van der Waals surface area contributed by atoms with Gasteiger partial charge in [0.2, 0.25) is 0 Å². The van der Waals surface area contributed by atoms with Crippen molar-refractivity contribution >= 4 is 68.2 Å². The van der Waals surface area contributed by atoms with E-state index in [0.29, 0.717) is 98.8 Å². The molecular weight excluding hydrogens is 1250 g/mol. The SMILES string of the molecule is Cc1cc(N)c(C(O)CCCN)c(N)c1.Cc1cc(N)c(C(O)CCN)c(N)c1.Cc1cc(N)c(CCCC(O)CCCN)c(N)c1.Cc1cc(N)c(CCCC(O)CCN)c(N)c1.Cc1cc(N)c(CCCCC(O)CCN)c(N)c1.Cc1cc(N)c(CCCCC(O)CN)c(N)c1. The Morgan fingerprint density at radius 3 is 0.707 bits per heavy atom. The van der Waals surface area contributed by atoms with Crippen LogP contribution in [0.4, 0.5) is 68.2 Å². The summed E-state index contributed by atoms with van der Waals surface area (Å²) in [6.07, 6.45) is 14.3. The van der Waals surface area contributed by atoms with E-state index in [1.54, 1.807) is 12.1 Å². The molecule has 6 aromatic rings. The van der Waals surface area contributed by atoms with Crippen LogP contribution in [0.5, 0.6) is 0 Å². The maximum Gasteiger partial charge on any atom is 0.0842 e. The Bertz CT molecular complexity index is 3110. The van der Waals surface area contributed by atoms with Crippen molar-refractivity contribution in [2.75, 3.05) is 108 Å². The average molecular weight is 1380 g/mol. The fraction of sp³-hybridized carbons (Fsp3) is 0.520. The Hall–Kier alpha value is -7.56. The van der Waals surface area contributed by atoms with Gasteiger partial charge in [0.25, 0.3) is 0 Å². The highest BCUT2D eigenvalue weighted by atomic mass is 16.3. The van der Waals surface area contributed by atoms with Gasteiger partial charge in [-0.1, -0.05) is 12.8 Å². The molecular formula is C75H132N18O6. The quantitative estimate of drug-likeness (QED) is 0.0145. The number of nitrogen functional groups attached to an aromatic ring is 12. The molecule has 42 N–H and O–H groups in total. The number of benzene rings is 6. The molecule has 0 saturated carbocycles. The van der Waals surface area contributed by atoms with Gasteiger partial charge >= 0.3 is 0 Å². The van der Waals surface area contributed by atoms with Gasteiger partial charge < -0.3 is 134 Å². The Labute approximate surface area is 591 Å². The zero-order valence-electron chi connectivity index (χ0n) is 60.6. The van der Waals surface area contributed by atoms with Gasteiger partial charge in [0.05, 0.1) is 36.6 Å². The van der Waals surface area contributed by atoms with E-state index in [1.165, 1.54) is 0 Å². The van der Waals surface area contributed by atoms with Crippen molar-refractivity contribution in [3.05, 3.63) is 140 Å². The number of nitrogens with two attached hydrogens (primary N) is 18. The molecule has 0 amide bonds. The van der Waals surface area contributed by atoms with Crippen molar-refractivity contribution in [1.82, 2.24) is 0 Å². The van der Waals surface area contributed by atoms with E-state index >= 15 is 0 Å². The second-order valence-corrected chi connectivity index (χ2v) is 26.2. The number of hydrogen-bond acceptors (Lipinski definition) is 24. The first-order chi connectivity index (χ1) is 46.8. The lowest BCUT2D eigenvalue weighted by molar-refractivity contribution is 0.150. The fourth-order valence-corrected chi connectivity index (χ4v) is 11.6. The number of hydrogen-bond donors (Lipinski definition) is 24. The molecule has 0 spiro atoms. The Morgan fingerprint density at radius 1 is 0.232 bits per heavy atom. The maximum atomic E-state index is 9.89. The van der Waals surface area contributed by atoms with E-state index in [0.717, 1.165) is 210 Å². The third kappa shape index (κ3) is 35.4. The summed E-state index contributed by atoms with van der Waals surface area (Å²) in [5, 5.41) is 57.8. The largest absolute Gasteiger partial charge is 0.398 e.